The summed E-state index contributed by atoms with van der Waals surface area (Å²) in [5.74, 6) is 0.771. The molecule has 0 heterocycles. The van der Waals surface area contributed by atoms with Crippen molar-refractivity contribution in [3.63, 3.8) is 0 Å². The molecule has 0 aliphatic heterocycles. The second-order valence-electron chi connectivity index (χ2n) is 3.24. The fourth-order valence-electron chi connectivity index (χ4n) is 1.15. The zero-order chi connectivity index (χ0) is 9.94. The molecule has 1 amide bonds. The molecule has 0 bridgehead atoms. The van der Waals surface area contributed by atoms with Crippen molar-refractivity contribution in [2.45, 2.75) is 45.4 Å². The first-order valence-electron chi connectivity index (χ1n) is 5.18. The predicted molar refractivity (Wildman–Crippen MR) is 60.2 cm³/mol. The van der Waals surface area contributed by atoms with Gasteiger partial charge in [-0.05, 0) is 12.2 Å². The maximum atomic E-state index is 11.0. The van der Waals surface area contributed by atoms with Gasteiger partial charge in [-0.15, -0.1) is 0 Å². The van der Waals surface area contributed by atoms with E-state index in [1.165, 1.54) is 25.7 Å². The molecule has 0 aliphatic carbocycles. The SMILES string of the molecule is CCCCCCCNC(=O)CCS. The summed E-state index contributed by atoms with van der Waals surface area (Å²) < 4.78 is 0. The van der Waals surface area contributed by atoms with Gasteiger partial charge in [0.15, 0.2) is 0 Å². The molecule has 0 saturated heterocycles. The van der Waals surface area contributed by atoms with Crippen LogP contribution >= 0.6 is 12.6 Å². The van der Waals surface area contributed by atoms with Crippen LogP contribution in [-0.2, 0) is 4.79 Å². The Morgan fingerprint density at radius 1 is 1.23 bits per heavy atom. The number of carbonyl (C=O) groups excluding carboxylic acids is 1. The van der Waals surface area contributed by atoms with Crippen LogP contribution in [0.15, 0.2) is 0 Å². The average molecular weight is 203 g/mol. The molecule has 0 saturated carbocycles. The summed E-state index contributed by atoms with van der Waals surface area (Å²) >= 11 is 3.99. The number of carbonyl (C=O) groups is 1. The lowest BCUT2D eigenvalue weighted by Crippen LogP contribution is -2.24. The van der Waals surface area contributed by atoms with Gasteiger partial charge >= 0.3 is 0 Å². The van der Waals surface area contributed by atoms with Crippen molar-refractivity contribution in [1.82, 2.24) is 5.32 Å². The van der Waals surface area contributed by atoms with Crippen LogP contribution in [0.5, 0.6) is 0 Å². The first-order chi connectivity index (χ1) is 6.31. The van der Waals surface area contributed by atoms with Gasteiger partial charge in [-0.2, -0.15) is 12.6 Å². The van der Waals surface area contributed by atoms with Gasteiger partial charge in [0, 0.05) is 13.0 Å². The summed E-state index contributed by atoms with van der Waals surface area (Å²) in [6.07, 6.45) is 6.75. The van der Waals surface area contributed by atoms with Crippen molar-refractivity contribution in [1.29, 1.82) is 0 Å². The summed E-state index contributed by atoms with van der Waals surface area (Å²) in [5, 5.41) is 2.87. The minimum Gasteiger partial charge on any atom is -0.356 e. The Morgan fingerprint density at radius 2 is 1.92 bits per heavy atom. The van der Waals surface area contributed by atoms with E-state index < -0.39 is 0 Å². The normalized spacial score (nSPS) is 10.0. The maximum absolute atomic E-state index is 11.0. The van der Waals surface area contributed by atoms with E-state index in [0.29, 0.717) is 12.2 Å². The van der Waals surface area contributed by atoms with Gasteiger partial charge in [0.1, 0.15) is 0 Å². The lowest BCUT2D eigenvalue weighted by Gasteiger charge is -2.03. The second kappa shape index (κ2) is 9.90. The molecule has 0 aliphatic rings. The van der Waals surface area contributed by atoms with E-state index >= 15 is 0 Å². The first kappa shape index (κ1) is 12.8. The van der Waals surface area contributed by atoms with Crippen LogP contribution in [0.3, 0.4) is 0 Å². The molecule has 0 atom stereocenters. The molecule has 0 aromatic carbocycles. The smallest absolute Gasteiger partial charge is 0.220 e. The summed E-state index contributed by atoms with van der Waals surface area (Å²) in [6, 6.07) is 0. The Hall–Kier alpha value is -0.180. The topological polar surface area (TPSA) is 29.1 Å². The van der Waals surface area contributed by atoms with Gasteiger partial charge in [0.2, 0.25) is 5.91 Å². The summed E-state index contributed by atoms with van der Waals surface area (Å²) in [7, 11) is 0. The lowest BCUT2D eigenvalue weighted by atomic mass is 10.1. The number of unbranched alkanes of at least 4 members (excludes halogenated alkanes) is 4. The van der Waals surface area contributed by atoms with E-state index in [4.69, 9.17) is 0 Å². The van der Waals surface area contributed by atoms with Crippen molar-refractivity contribution >= 4 is 18.5 Å². The van der Waals surface area contributed by atoms with Crippen LogP contribution in [-0.4, -0.2) is 18.2 Å². The Bertz CT molecular complexity index is 128. The quantitative estimate of drug-likeness (QED) is 0.460. The minimum atomic E-state index is 0.130. The van der Waals surface area contributed by atoms with Crippen molar-refractivity contribution in [3.8, 4) is 0 Å². The molecule has 0 unspecified atom stereocenters. The Labute approximate surface area is 86.9 Å². The second-order valence-corrected chi connectivity index (χ2v) is 3.68. The average Bonchev–Trinajstić information content (AvgIpc) is 2.11. The summed E-state index contributed by atoms with van der Waals surface area (Å²) in [6.45, 7) is 3.03. The van der Waals surface area contributed by atoms with E-state index in [0.717, 1.165) is 13.0 Å². The molecule has 0 rings (SSSR count). The van der Waals surface area contributed by atoms with Gasteiger partial charge < -0.3 is 5.32 Å². The molecule has 3 heteroatoms. The maximum Gasteiger partial charge on any atom is 0.220 e. The van der Waals surface area contributed by atoms with Crippen LogP contribution in [0.4, 0.5) is 0 Å². The fraction of sp³-hybridized carbons (Fsp3) is 0.900. The van der Waals surface area contributed by atoms with Crippen LogP contribution < -0.4 is 5.32 Å². The molecule has 2 nitrogen and oxygen atoms in total. The highest BCUT2D eigenvalue weighted by atomic mass is 32.1. The Kier molecular flexibility index (Phi) is 9.77. The molecule has 0 aromatic rings. The zero-order valence-corrected chi connectivity index (χ0v) is 9.41. The minimum absolute atomic E-state index is 0.130. The molecule has 0 aromatic heterocycles. The van der Waals surface area contributed by atoms with E-state index in [1.54, 1.807) is 0 Å². The number of rotatable bonds is 8. The van der Waals surface area contributed by atoms with E-state index in [-0.39, 0.29) is 5.91 Å². The van der Waals surface area contributed by atoms with Crippen molar-refractivity contribution < 1.29 is 4.79 Å². The van der Waals surface area contributed by atoms with Gasteiger partial charge in [-0.3, -0.25) is 4.79 Å². The van der Waals surface area contributed by atoms with Crippen LogP contribution in [0.1, 0.15) is 45.4 Å². The highest BCUT2D eigenvalue weighted by Crippen LogP contribution is 2.01. The number of hydrogen-bond acceptors (Lipinski definition) is 2. The molecule has 0 radical (unpaired) electrons. The molecule has 0 spiro atoms. The highest BCUT2D eigenvalue weighted by molar-refractivity contribution is 7.80. The Morgan fingerprint density at radius 3 is 2.54 bits per heavy atom. The third-order valence-electron chi connectivity index (χ3n) is 1.94. The highest BCUT2D eigenvalue weighted by Gasteiger charge is 1.97. The van der Waals surface area contributed by atoms with E-state index in [9.17, 15) is 4.79 Å². The molecule has 13 heavy (non-hydrogen) atoms. The standard InChI is InChI=1S/C10H21NOS/c1-2-3-4-5-6-8-11-10(12)7-9-13/h13H,2-9H2,1H3,(H,11,12). The molecule has 0 fully saturated rings. The zero-order valence-electron chi connectivity index (χ0n) is 8.51. The molecule has 78 valence electrons. The summed E-state index contributed by atoms with van der Waals surface area (Å²) in [5.41, 5.74) is 0. The van der Waals surface area contributed by atoms with E-state index in [1.807, 2.05) is 0 Å². The number of nitrogens with one attached hydrogen (secondary N) is 1. The monoisotopic (exact) mass is 203 g/mol. The molecular weight excluding hydrogens is 182 g/mol. The first-order valence-corrected chi connectivity index (χ1v) is 5.82. The van der Waals surface area contributed by atoms with Crippen molar-refractivity contribution in [2.24, 2.45) is 0 Å². The van der Waals surface area contributed by atoms with Gasteiger partial charge in [-0.1, -0.05) is 32.6 Å². The lowest BCUT2D eigenvalue weighted by molar-refractivity contribution is -0.120. The number of hydrogen-bond donors (Lipinski definition) is 2. The fourth-order valence-corrected chi connectivity index (χ4v) is 1.35. The summed E-state index contributed by atoms with van der Waals surface area (Å²) in [4.78, 5) is 11.0. The Balaban J connectivity index is 3.02. The van der Waals surface area contributed by atoms with Crippen LogP contribution in [0, 0.1) is 0 Å². The van der Waals surface area contributed by atoms with Crippen molar-refractivity contribution in [2.75, 3.05) is 12.3 Å². The van der Waals surface area contributed by atoms with Crippen molar-refractivity contribution in [3.05, 3.63) is 0 Å². The van der Waals surface area contributed by atoms with Gasteiger partial charge in [0.05, 0.1) is 0 Å². The van der Waals surface area contributed by atoms with Crippen LogP contribution in [0.2, 0.25) is 0 Å². The van der Waals surface area contributed by atoms with E-state index in [2.05, 4.69) is 24.9 Å². The third-order valence-corrected chi connectivity index (χ3v) is 2.16. The molecule has 1 N–H and O–H groups in total. The van der Waals surface area contributed by atoms with Gasteiger partial charge in [0.25, 0.3) is 0 Å². The van der Waals surface area contributed by atoms with Crippen LogP contribution in [0.25, 0.3) is 0 Å². The number of thiol groups is 1. The predicted octanol–water partition coefficient (Wildman–Crippen LogP) is 2.39. The third kappa shape index (κ3) is 9.74. The molecular formula is C10H21NOS. The number of amides is 1. The van der Waals surface area contributed by atoms with Gasteiger partial charge in [-0.25, -0.2) is 0 Å². The largest absolute Gasteiger partial charge is 0.356 e.